The van der Waals surface area contributed by atoms with Crippen molar-refractivity contribution in [3.8, 4) is 0 Å². The SMILES string of the molecule is Cc1cc(Cc2ccccc2)cc([C@@H]2CCCN(CC(=O)Nc3ccnn3C(C)C)C2)n1. The molecule has 0 bridgehead atoms. The lowest BCUT2D eigenvalue weighted by Gasteiger charge is -2.32. The van der Waals surface area contributed by atoms with Crippen LogP contribution in [0.5, 0.6) is 0 Å². The summed E-state index contributed by atoms with van der Waals surface area (Å²) in [4.78, 5) is 19.8. The van der Waals surface area contributed by atoms with Gasteiger partial charge in [0.2, 0.25) is 5.91 Å². The number of aryl methyl sites for hydroxylation is 1. The average Bonchev–Trinajstić information content (AvgIpc) is 3.22. The summed E-state index contributed by atoms with van der Waals surface area (Å²) in [5.41, 5.74) is 4.83. The Morgan fingerprint density at radius 1 is 1.16 bits per heavy atom. The van der Waals surface area contributed by atoms with E-state index in [2.05, 4.69) is 78.6 Å². The predicted octanol–water partition coefficient (Wildman–Crippen LogP) is 4.58. The Kier molecular flexibility index (Phi) is 7.00. The average molecular weight is 432 g/mol. The first kappa shape index (κ1) is 22.2. The summed E-state index contributed by atoms with van der Waals surface area (Å²) in [5.74, 6) is 1.12. The van der Waals surface area contributed by atoms with E-state index < -0.39 is 0 Å². The quantitative estimate of drug-likeness (QED) is 0.595. The first-order valence-corrected chi connectivity index (χ1v) is 11.5. The first-order valence-electron chi connectivity index (χ1n) is 11.5. The molecule has 1 aromatic carbocycles. The number of hydrogen-bond donors (Lipinski definition) is 1. The Morgan fingerprint density at radius 3 is 2.75 bits per heavy atom. The number of aromatic nitrogens is 3. The van der Waals surface area contributed by atoms with Crippen LogP contribution in [-0.2, 0) is 11.2 Å². The van der Waals surface area contributed by atoms with E-state index in [0.717, 1.165) is 49.6 Å². The number of amides is 1. The highest BCUT2D eigenvalue weighted by molar-refractivity contribution is 5.91. The van der Waals surface area contributed by atoms with Gasteiger partial charge in [-0.05, 0) is 69.8 Å². The summed E-state index contributed by atoms with van der Waals surface area (Å²) in [6, 6.07) is 17.1. The third-order valence-electron chi connectivity index (χ3n) is 6.00. The number of likely N-dealkylation sites (tertiary alicyclic amines) is 1. The zero-order valence-corrected chi connectivity index (χ0v) is 19.3. The molecule has 2 aromatic heterocycles. The fourth-order valence-corrected chi connectivity index (χ4v) is 4.56. The maximum Gasteiger partial charge on any atom is 0.239 e. The van der Waals surface area contributed by atoms with Crippen LogP contribution in [0.2, 0.25) is 0 Å². The van der Waals surface area contributed by atoms with Gasteiger partial charge in [-0.15, -0.1) is 0 Å². The fraction of sp³-hybridized carbons (Fsp3) is 0.423. The van der Waals surface area contributed by atoms with Gasteiger partial charge in [0.1, 0.15) is 5.82 Å². The number of carbonyl (C=O) groups is 1. The number of pyridine rings is 1. The summed E-state index contributed by atoms with van der Waals surface area (Å²) in [6.07, 6.45) is 4.83. The highest BCUT2D eigenvalue weighted by atomic mass is 16.2. The standard InChI is InChI=1S/C26H33N5O/c1-19(2)31-25(11-12-27-31)29-26(32)18-30-13-7-10-23(17-30)24-16-22(14-20(3)28-24)15-21-8-5-4-6-9-21/h4-6,8-9,11-12,14,16,19,23H,7,10,13,15,17-18H2,1-3H3,(H,29,32)/t23-/m1/s1. The van der Waals surface area contributed by atoms with E-state index in [1.807, 2.05) is 10.7 Å². The maximum atomic E-state index is 12.7. The fourth-order valence-electron chi connectivity index (χ4n) is 4.56. The Labute approximate surface area is 190 Å². The highest BCUT2D eigenvalue weighted by Gasteiger charge is 2.24. The molecular formula is C26H33N5O. The van der Waals surface area contributed by atoms with E-state index in [1.165, 1.54) is 11.1 Å². The molecule has 1 aliphatic heterocycles. The van der Waals surface area contributed by atoms with Crippen LogP contribution in [0, 0.1) is 6.92 Å². The summed E-state index contributed by atoms with van der Waals surface area (Å²) in [7, 11) is 0. The van der Waals surface area contributed by atoms with Gasteiger partial charge in [-0.1, -0.05) is 30.3 Å². The second-order valence-electron chi connectivity index (χ2n) is 9.08. The van der Waals surface area contributed by atoms with Crippen LogP contribution in [-0.4, -0.2) is 45.2 Å². The summed E-state index contributed by atoms with van der Waals surface area (Å²) < 4.78 is 1.84. The molecule has 1 amide bonds. The molecule has 168 valence electrons. The van der Waals surface area contributed by atoms with Crippen molar-refractivity contribution in [3.63, 3.8) is 0 Å². The van der Waals surface area contributed by atoms with Gasteiger partial charge in [0.05, 0.1) is 12.7 Å². The number of anilines is 1. The number of piperidine rings is 1. The largest absolute Gasteiger partial charge is 0.310 e. The van der Waals surface area contributed by atoms with Crippen LogP contribution in [0.1, 0.15) is 61.2 Å². The van der Waals surface area contributed by atoms with E-state index in [9.17, 15) is 4.79 Å². The molecule has 4 rings (SSSR count). The minimum absolute atomic E-state index is 0.00928. The number of hydrogen-bond acceptors (Lipinski definition) is 4. The van der Waals surface area contributed by atoms with Gasteiger partial charge in [0.15, 0.2) is 0 Å². The van der Waals surface area contributed by atoms with Crippen LogP contribution in [0.25, 0.3) is 0 Å². The molecule has 6 heteroatoms. The molecule has 1 aliphatic rings. The number of benzene rings is 1. The lowest BCUT2D eigenvalue weighted by Crippen LogP contribution is -2.40. The van der Waals surface area contributed by atoms with Crippen molar-refractivity contribution in [1.29, 1.82) is 0 Å². The second-order valence-corrected chi connectivity index (χ2v) is 9.08. The van der Waals surface area contributed by atoms with Crippen LogP contribution in [0.15, 0.2) is 54.7 Å². The van der Waals surface area contributed by atoms with Gasteiger partial charge < -0.3 is 5.32 Å². The molecule has 0 spiro atoms. The molecule has 0 radical (unpaired) electrons. The lowest BCUT2D eigenvalue weighted by molar-refractivity contribution is -0.117. The van der Waals surface area contributed by atoms with E-state index >= 15 is 0 Å². The van der Waals surface area contributed by atoms with Crippen molar-refractivity contribution >= 4 is 11.7 Å². The van der Waals surface area contributed by atoms with Gasteiger partial charge in [-0.3, -0.25) is 14.7 Å². The van der Waals surface area contributed by atoms with Crippen molar-refractivity contribution < 1.29 is 4.79 Å². The molecule has 1 fully saturated rings. The second kappa shape index (κ2) is 10.1. The first-order chi connectivity index (χ1) is 15.5. The molecule has 32 heavy (non-hydrogen) atoms. The van der Waals surface area contributed by atoms with E-state index in [4.69, 9.17) is 4.98 Å². The maximum absolute atomic E-state index is 12.7. The van der Waals surface area contributed by atoms with E-state index in [0.29, 0.717) is 12.5 Å². The number of nitrogens with zero attached hydrogens (tertiary/aromatic N) is 4. The topological polar surface area (TPSA) is 63.1 Å². The van der Waals surface area contributed by atoms with Crippen LogP contribution in [0.4, 0.5) is 5.82 Å². The number of nitrogens with one attached hydrogen (secondary N) is 1. The van der Waals surface area contributed by atoms with Crippen LogP contribution < -0.4 is 5.32 Å². The molecule has 1 N–H and O–H groups in total. The van der Waals surface area contributed by atoms with Crippen LogP contribution in [0.3, 0.4) is 0 Å². The smallest absolute Gasteiger partial charge is 0.239 e. The molecule has 3 heterocycles. The van der Waals surface area contributed by atoms with E-state index in [1.54, 1.807) is 6.20 Å². The molecule has 1 atom stereocenters. The van der Waals surface area contributed by atoms with Crippen molar-refractivity contribution in [1.82, 2.24) is 19.7 Å². The normalized spacial score (nSPS) is 16.9. The molecule has 0 unspecified atom stereocenters. The summed E-state index contributed by atoms with van der Waals surface area (Å²) >= 11 is 0. The molecular weight excluding hydrogens is 398 g/mol. The Bertz CT molecular complexity index is 1040. The molecule has 6 nitrogen and oxygen atoms in total. The molecule has 0 saturated carbocycles. The lowest BCUT2D eigenvalue weighted by atomic mass is 9.92. The molecule has 0 aliphatic carbocycles. The Morgan fingerprint density at radius 2 is 1.97 bits per heavy atom. The van der Waals surface area contributed by atoms with Gasteiger partial charge in [-0.2, -0.15) is 5.10 Å². The molecule has 3 aromatic rings. The predicted molar refractivity (Wildman–Crippen MR) is 128 cm³/mol. The zero-order chi connectivity index (χ0) is 22.5. The number of carbonyl (C=O) groups excluding carboxylic acids is 1. The Hall–Kier alpha value is -2.99. The summed E-state index contributed by atoms with van der Waals surface area (Å²) in [6.45, 7) is 8.37. The molecule has 1 saturated heterocycles. The van der Waals surface area contributed by atoms with Gasteiger partial charge in [0.25, 0.3) is 0 Å². The van der Waals surface area contributed by atoms with Gasteiger partial charge in [0, 0.05) is 36.0 Å². The zero-order valence-electron chi connectivity index (χ0n) is 19.3. The third-order valence-corrected chi connectivity index (χ3v) is 6.00. The minimum Gasteiger partial charge on any atom is -0.310 e. The minimum atomic E-state index is 0.00928. The van der Waals surface area contributed by atoms with Gasteiger partial charge >= 0.3 is 0 Å². The number of rotatable bonds is 7. The van der Waals surface area contributed by atoms with Crippen molar-refractivity contribution in [2.45, 2.75) is 52.0 Å². The van der Waals surface area contributed by atoms with Crippen molar-refractivity contribution in [3.05, 3.63) is 77.2 Å². The monoisotopic (exact) mass is 431 g/mol. The highest BCUT2D eigenvalue weighted by Crippen LogP contribution is 2.27. The van der Waals surface area contributed by atoms with E-state index in [-0.39, 0.29) is 11.9 Å². The van der Waals surface area contributed by atoms with Gasteiger partial charge in [-0.25, -0.2) is 4.68 Å². The van der Waals surface area contributed by atoms with Crippen LogP contribution >= 0.6 is 0 Å². The van der Waals surface area contributed by atoms with Crippen molar-refractivity contribution in [2.75, 3.05) is 25.0 Å². The third kappa shape index (κ3) is 5.62. The Balaban J connectivity index is 1.40. The van der Waals surface area contributed by atoms with Crippen molar-refractivity contribution in [2.24, 2.45) is 0 Å². The summed E-state index contributed by atoms with van der Waals surface area (Å²) in [5, 5.41) is 7.32.